The molecule has 0 aromatic carbocycles. The number of Topliss-reactive ketones (excluding diaryl/α,β-unsaturated/α-hetero) is 1. The van der Waals surface area contributed by atoms with Gasteiger partial charge in [-0.05, 0) is 50.7 Å². The Balaban J connectivity index is 1.91. The van der Waals surface area contributed by atoms with Crippen LogP contribution in [0.15, 0.2) is 23.8 Å². The summed E-state index contributed by atoms with van der Waals surface area (Å²) in [4.78, 5) is 51.4. The van der Waals surface area contributed by atoms with Crippen LogP contribution in [0.4, 0.5) is 4.39 Å². The first kappa shape index (κ1) is 32.4. The second-order valence-electron chi connectivity index (χ2n) is 12.4. The van der Waals surface area contributed by atoms with Gasteiger partial charge in [-0.1, -0.05) is 39.3 Å². The molecule has 0 radical (unpaired) electrons. The maximum Gasteiger partial charge on any atom is 0.409 e. The number of carbonyl (C=O) groups is 4. The van der Waals surface area contributed by atoms with Crippen LogP contribution < -0.4 is 0 Å². The van der Waals surface area contributed by atoms with Crippen molar-refractivity contribution in [2.45, 2.75) is 96.7 Å². The highest BCUT2D eigenvalue weighted by Gasteiger charge is 2.78. The minimum absolute atomic E-state index is 0.00814. The Kier molecular flexibility index (Phi) is 8.67. The SMILES string of the molecule is CCC(=O)OCC(=O)[C@@]1(OC(=O)CC)[C@@H](C)C[C@H]2[C@@H]3CCC4=CC(=O)C=C[C@]4(C)C3(F)[C@@H](OC(O)(OC)OC)C[C@@]21C. The number of allylic oxidation sites excluding steroid dienone is 4. The summed E-state index contributed by atoms with van der Waals surface area (Å²) < 4.78 is 45.8. The van der Waals surface area contributed by atoms with Gasteiger partial charge in [0.05, 0.1) is 0 Å². The number of aliphatic hydroxyl groups is 1. The van der Waals surface area contributed by atoms with Crippen LogP contribution in [-0.4, -0.2) is 73.0 Å². The maximum atomic E-state index is 18.3. The predicted octanol–water partition coefficient (Wildman–Crippen LogP) is 3.74. The second kappa shape index (κ2) is 11.2. The molecule has 0 amide bonds. The van der Waals surface area contributed by atoms with Gasteiger partial charge in [0, 0.05) is 49.7 Å². The third kappa shape index (κ3) is 4.58. The van der Waals surface area contributed by atoms with Gasteiger partial charge in [-0.15, -0.1) is 0 Å². The zero-order valence-corrected chi connectivity index (χ0v) is 25.5. The number of carbonyl (C=O) groups excluding carboxylic acids is 4. The average molecular weight is 595 g/mol. The summed E-state index contributed by atoms with van der Waals surface area (Å²) in [7, 11) is 2.28. The summed E-state index contributed by atoms with van der Waals surface area (Å²) in [6.07, 6.45) is 1.25. The van der Waals surface area contributed by atoms with E-state index in [1.54, 1.807) is 40.7 Å². The van der Waals surface area contributed by atoms with Crippen molar-refractivity contribution in [1.29, 1.82) is 0 Å². The lowest BCUT2D eigenvalue weighted by molar-refractivity contribution is -0.494. The third-order valence-electron chi connectivity index (χ3n) is 10.6. The first-order chi connectivity index (χ1) is 19.6. The lowest BCUT2D eigenvalue weighted by atomic mass is 9.44. The van der Waals surface area contributed by atoms with E-state index in [1.807, 2.05) is 0 Å². The fourth-order valence-corrected chi connectivity index (χ4v) is 8.46. The third-order valence-corrected chi connectivity index (χ3v) is 10.6. The molecule has 0 saturated heterocycles. The van der Waals surface area contributed by atoms with E-state index >= 15 is 4.39 Å². The molecule has 0 aliphatic heterocycles. The first-order valence-electron chi connectivity index (χ1n) is 14.7. The van der Waals surface area contributed by atoms with Gasteiger partial charge in [-0.3, -0.25) is 23.9 Å². The van der Waals surface area contributed by atoms with E-state index in [0.717, 1.165) is 14.2 Å². The van der Waals surface area contributed by atoms with E-state index in [1.165, 1.54) is 12.2 Å². The summed E-state index contributed by atoms with van der Waals surface area (Å²) in [6.45, 7) is 7.89. The van der Waals surface area contributed by atoms with Gasteiger partial charge in [0.1, 0.15) is 6.10 Å². The lowest BCUT2D eigenvalue weighted by Gasteiger charge is -2.63. The van der Waals surface area contributed by atoms with Crippen LogP contribution in [0.5, 0.6) is 0 Å². The number of halogens is 1. The Morgan fingerprint density at radius 3 is 2.33 bits per heavy atom. The molecular weight excluding hydrogens is 551 g/mol. The molecule has 0 bridgehead atoms. The normalized spacial score (nSPS) is 39.1. The number of rotatable bonds is 10. The van der Waals surface area contributed by atoms with Gasteiger partial charge >= 0.3 is 18.1 Å². The molecule has 8 atom stereocenters. The van der Waals surface area contributed by atoms with Gasteiger partial charge in [0.25, 0.3) is 0 Å². The Hall–Kier alpha value is -2.47. The largest absolute Gasteiger partial charge is 0.457 e. The smallest absolute Gasteiger partial charge is 0.409 e. The molecule has 11 heteroatoms. The monoisotopic (exact) mass is 594 g/mol. The number of fused-ring (bicyclic) bond motifs is 5. The molecule has 0 spiro atoms. The van der Waals surface area contributed by atoms with Crippen LogP contribution >= 0.6 is 0 Å². The Bertz CT molecular complexity index is 1190. The minimum atomic E-state index is -2.63. The lowest BCUT2D eigenvalue weighted by Crippen LogP contribution is -2.71. The van der Waals surface area contributed by atoms with E-state index in [0.29, 0.717) is 24.8 Å². The fraction of sp³-hybridized carbons (Fsp3) is 0.742. The molecular formula is C31H43FO10. The molecule has 1 N–H and O–H groups in total. The number of alkyl halides is 1. The molecule has 0 aromatic heterocycles. The van der Waals surface area contributed by atoms with Crippen LogP contribution in [-0.2, 0) is 42.9 Å². The van der Waals surface area contributed by atoms with Crippen molar-refractivity contribution >= 4 is 23.5 Å². The molecule has 4 aliphatic carbocycles. The second-order valence-corrected chi connectivity index (χ2v) is 12.4. The van der Waals surface area contributed by atoms with Crippen LogP contribution in [0, 0.1) is 28.6 Å². The van der Waals surface area contributed by atoms with E-state index < -0.39 is 76.4 Å². The van der Waals surface area contributed by atoms with Crippen molar-refractivity contribution in [2.75, 3.05) is 20.8 Å². The van der Waals surface area contributed by atoms with Gasteiger partial charge in [-0.2, -0.15) is 0 Å². The van der Waals surface area contributed by atoms with Crippen molar-refractivity contribution in [3.8, 4) is 0 Å². The quantitative estimate of drug-likeness (QED) is 0.294. The zero-order chi connectivity index (χ0) is 31.3. The van der Waals surface area contributed by atoms with Gasteiger partial charge < -0.3 is 24.1 Å². The van der Waals surface area contributed by atoms with Crippen molar-refractivity contribution in [1.82, 2.24) is 0 Å². The van der Waals surface area contributed by atoms with Crippen molar-refractivity contribution in [3.63, 3.8) is 0 Å². The Morgan fingerprint density at radius 2 is 1.74 bits per heavy atom. The summed E-state index contributed by atoms with van der Waals surface area (Å²) in [5.41, 5.74) is -5.83. The molecule has 4 rings (SSSR count). The molecule has 0 heterocycles. The molecule has 3 fully saturated rings. The Labute approximate surface area is 245 Å². The summed E-state index contributed by atoms with van der Waals surface area (Å²) >= 11 is 0. The fourth-order valence-electron chi connectivity index (χ4n) is 8.46. The highest BCUT2D eigenvalue weighted by molar-refractivity contribution is 6.01. The molecule has 234 valence electrons. The highest BCUT2D eigenvalue weighted by atomic mass is 19.1. The molecule has 0 aromatic rings. The number of hydrogen-bond donors (Lipinski definition) is 1. The highest BCUT2D eigenvalue weighted by Crippen LogP contribution is 2.72. The summed E-state index contributed by atoms with van der Waals surface area (Å²) in [5.74, 6) is -3.80. The molecule has 3 saturated carbocycles. The van der Waals surface area contributed by atoms with Gasteiger partial charge in [0.2, 0.25) is 5.78 Å². The van der Waals surface area contributed by atoms with Crippen LogP contribution in [0.1, 0.15) is 73.1 Å². The number of hydrogen-bond acceptors (Lipinski definition) is 10. The van der Waals surface area contributed by atoms with Crippen molar-refractivity contribution < 1.29 is 52.4 Å². The van der Waals surface area contributed by atoms with Crippen LogP contribution in [0.25, 0.3) is 0 Å². The van der Waals surface area contributed by atoms with Gasteiger partial charge in [0.15, 0.2) is 23.7 Å². The molecule has 4 aliphatic rings. The van der Waals surface area contributed by atoms with Crippen molar-refractivity contribution in [2.24, 2.45) is 28.6 Å². The molecule has 1 unspecified atom stereocenters. The standard InChI is InChI=1S/C31H43FO10/c1-8-25(35)40-17-23(34)30(42-26(36)9-2)18(3)14-22-21-11-10-19-15-20(33)12-13-27(19,4)29(21,32)24(16-28(22,30)5)41-31(37,38-6)39-7/h12-13,15,18,21-22,24,37H,8-11,14,16-17H2,1-7H3/t18-,21-,22-,24-,27-,28-,29?,30-/m0/s1. The van der Waals surface area contributed by atoms with E-state index in [4.69, 9.17) is 23.7 Å². The maximum absolute atomic E-state index is 18.3. The van der Waals surface area contributed by atoms with E-state index in [-0.39, 0.29) is 25.0 Å². The Morgan fingerprint density at radius 1 is 1.10 bits per heavy atom. The van der Waals surface area contributed by atoms with Crippen LogP contribution in [0.3, 0.4) is 0 Å². The zero-order valence-electron chi connectivity index (χ0n) is 25.5. The minimum Gasteiger partial charge on any atom is -0.457 e. The molecule has 10 nitrogen and oxygen atoms in total. The number of methoxy groups -OCH3 is 2. The predicted molar refractivity (Wildman–Crippen MR) is 146 cm³/mol. The number of ether oxygens (including phenoxy) is 5. The summed E-state index contributed by atoms with van der Waals surface area (Å²) in [6, 6.07) is 0. The van der Waals surface area contributed by atoms with Crippen molar-refractivity contribution in [3.05, 3.63) is 23.8 Å². The molecule has 42 heavy (non-hydrogen) atoms. The first-order valence-corrected chi connectivity index (χ1v) is 14.7. The van der Waals surface area contributed by atoms with E-state index in [9.17, 15) is 24.3 Å². The van der Waals surface area contributed by atoms with Gasteiger partial charge in [-0.25, -0.2) is 4.39 Å². The average Bonchev–Trinajstić information content (AvgIpc) is 3.18. The van der Waals surface area contributed by atoms with Crippen LogP contribution in [0.2, 0.25) is 0 Å². The topological polar surface area (TPSA) is 135 Å². The number of ketones is 2. The number of esters is 2. The van der Waals surface area contributed by atoms with E-state index in [2.05, 4.69) is 0 Å². The summed E-state index contributed by atoms with van der Waals surface area (Å²) in [5, 5.41) is 10.9.